The summed E-state index contributed by atoms with van der Waals surface area (Å²) in [5, 5.41) is 2.37. The van der Waals surface area contributed by atoms with Crippen LogP contribution in [0.15, 0.2) is 24.3 Å². The molecule has 4 nitrogen and oxygen atoms in total. The van der Waals surface area contributed by atoms with Gasteiger partial charge in [-0.25, -0.2) is 4.39 Å². The number of carbonyl (C=O) groups excluding carboxylic acids is 2. The van der Waals surface area contributed by atoms with Gasteiger partial charge in [0.05, 0.1) is 0 Å². The molecule has 1 aromatic rings. The van der Waals surface area contributed by atoms with E-state index in [1.165, 1.54) is 12.1 Å². The number of hydrogen-bond acceptors (Lipinski definition) is 2. The quantitative estimate of drug-likeness (QED) is 0.742. The van der Waals surface area contributed by atoms with Crippen molar-refractivity contribution in [2.24, 2.45) is 5.73 Å². The zero-order valence-electron chi connectivity index (χ0n) is 8.94. The second-order valence-corrected chi connectivity index (χ2v) is 3.34. The lowest BCUT2D eigenvalue weighted by Gasteiger charge is -2.12. The molecule has 0 aliphatic carbocycles. The van der Waals surface area contributed by atoms with Crippen LogP contribution in [0.1, 0.15) is 16.8 Å². The van der Waals surface area contributed by atoms with E-state index in [2.05, 4.69) is 11.2 Å². The summed E-state index contributed by atoms with van der Waals surface area (Å²) in [5.74, 6) is 0.558. The van der Waals surface area contributed by atoms with Crippen molar-refractivity contribution in [3.63, 3.8) is 0 Å². The normalized spacial score (nSPS) is 11.3. The Morgan fingerprint density at radius 2 is 2.00 bits per heavy atom. The highest BCUT2D eigenvalue weighted by Gasteiger charge is 2.17. The van der Waals surface area contributed by atoms with Crippen molar-refractivity contribution in [1.29, 1.82) is 0 Å². The summed E-state index contributed by atoms with van der Waals surface area (Å²) in [5.41, 5.74) is 5.30. The SMILES string of the molecule is C#CC[C@H](NC(=O)c1ccc(F)cc1)C(N)=O. The molecule has 0 aliphatic heterocycles. The monoisotopic (exact) mass is 234 g/mol. The van der Waals surface area contributed by atoms with Gasteiger partial charge in [-0.05, 0) is 24.3 Å². The van der Waals surface area contributed by atoms with Crippen LogP contribution in [0, 0.1) is 18.2 Å². The molecule has 0 heterocycles. The molecule has 88 valence electrons. The molecule has 0 saturated carbocycles. The Bertz CT molecular complexity index is 462. The fourth-order valence-electron chi connectivity index (χ4n) is 1.18. The standard InChI is InChI=1S/C12H11FN2O2/c1-2-3-10(11(14)16)15-12(17)8-4-6-9(13)7-5-8/h1,4-7,10H,3H2,(H2,14,16)(H,15,17)/t10-/m0/s1. The van der Waals surface area contributed by atoms with Gasteiger partial charge >= 0.3 is 0 Å². The molecule has 1 aromatic carbocycles. The number of amides is 2. The van der Waals surface area contributed by atoms with E-state index in [1.807, 2.05) is 0 Å². The molecule has 3 N–H and O–H groups in total. The first-order valence-electron chi connectivity index (χ1n) is 4.84. The van der Waals surface area contributed by atoms with Crippen molar-refractivity contribution in [2.45, 2.75) is 12.5 Å². The van der Waals surface area contributed by atoms with Crippen molar-refractivity contribution in [3.8, 4) is 12.3 Å². The van der Waals surface area contributed by atoms with E-state index in [0.29, 0.717) is 0 Å². The minimum absolute atomic E-state index is 0.0161. The van der Waals surface area contributed by atoms with Gasteiger partial charge in [-0.3, -0.25) is 9.59 Å². The van der Waals surface area contributed by atoms with E-state index in [4.69, 9.17) is 12.2 Å². The molecule has 1 rings (SSSR count). The molecule has 0 fully saturated rings. The number of terminal acetylenes is 1. The van der Waals surface area contributed by atoms with Crippen molar-refractivity contribution >= 4 is 11.8 Å². The summed E-state index contributed by atoms with van der Waals surface area (Å²) >= 11 is 0. The molecule has 0 saturated heterocycles. The fourth-order valence-corrected chi connectivity index (χ4v) is 1.18. The zero-order valence-corrected chi connectivity index (χ0v) is 8.94. The summed E-state index contributed by atoms with van der Waals surface area (Å²) in [7, 11) is 0. The molecule has 5 heteroatoms. The minimum atomic E-state index is -0.919. The number of primary amides is 1. The van der Waals surface area contributed by atoms with Crippen LogP contribution in [-0.4, -0.2) is 17.9 Å². The number of halogens is 1. The molecule has 0 bridgehead atoms. The van der Waals surface area contributed by atoms with Crippen LogP contribution >= 0.6 is 0 Å². The third-order valence-corrected chi connectivity index (χ3v) is 2.08. The Balaban J connectivity index is 2.74. The number of carbonyl (C=O) groups is 2. The van der Waals surface area contributed by atoms with Gasteiger partial charge in [-0.2, -0.15) is 0 Å². The zero-order chi connectivity index (χ0) is 12.8. The van der Waals surface area contributed by atoms with Crippen LogP contribution in [-0.2, 0) is 4.79 Å². The molecule has 17 heavy (non-hydrogen) atoms. The lowest BCUT2D eigenvalue weighted by molar-refractivity contribution is -0.119. The lowest BCUT2D eigenvalue weighted by atomic mass is 10.1. The van der Waals surface area contributed by atoms with Crippen LogP contribution < -0.4 is 11.1 Å². The van der Waals surface area contributed by atoms with Gasteiger partial charge in [0.2, 0.25) is 5.91 Å². The first-order valence-corrected chi connectivity index (χ1v) is 4.84. The van der Waals surface area contributed by atoms with E-state index in [9.17, 15) is 14.0 Å². The van der Waals surface area contributed by atoms with Gasteiger partial charge in [-0.1, -0.05) is 0 Å². The molecule has 0 unspecified atom stereocenters. The average Bonchev–Trinajstić information content (AvgIpc) is 2.29. The second kappa shape index (κ2) is 5.66. The van der Waals surface area contributed by atoms with Crippen LogP contribution in [0.4, 0.5) is 4.39 Å². The Morgan fingerprint density at radius 1 is 1.41 bits per heavy atom. The summed E-state index contributed by atoms with van der Waals surface area (Å²) < 4.78 is 12.6. The maximum absolute atomic E-state index is 12.6. The first-order chi connectivity index (χ1) is 8.04. The molecule has 1 atom stereocenters. The Morgan fingerprint density at radius 3 is 2.47 bits per heavy atom. The highest BCUT2D eigenvalue weighted by molar-refractivity contribution is 5.97. The summed E-state index contributed by atoms with van der Waals surface area (Å²) in [4.78, 5) is 22.6. The predicted octanol–water partition coefficient (Wildman–Crippen LogP) is 0.433. The fraction of sp³-hybridized carbons (Fsp3) is 0.167. The molecule has 0 spiro atoms. The van der Waals surface area contributed by atoms with Gasteiger partial charge in [0.15, 0.2) is 0 Å². The van der Waals surface area contributed by atoms with Gasteiger partial charge in [0, 0.05) is 12.0 Å². The lowest BCUT2D eigenvalue weighted by Crippen LogP contribution is -2.44. The van der Waals surface area contributed by atoms with Crippen molar-refractivity contribution in [3.05, 3.63) is 35.6 Å². The number of nitrogens with two attached hydrogens (primary N) is 1. The molecular weight excluding hydrogens is 223 g/mol. The molecule has 0 radical (unpaired) electrons. The topological polar surface area (TPSA) is 72.2 Å². The Kier molecular flexibility index (Phi) is 4.23. The number of benzene rings is 1. The van der Waals surface area contributed by atoms with Gasteiger partial charge in [0.25, 0.3) is 5.91 Å². The van der Waals surface area contributed by atoms with Crippen LogP contribution in [0.3, 0.4) is 0 Å². The van der Waals surface area contributed by atoms with Crippen LogP contribution in [0.25, 0.3) is 0 Å². The molecule has 0 aliphatic rings. The second-order valence-electron chi connectivity index (χ2n) is 3.34. The summed E-state index contributed by atoms with van der Waals surface area (Å²) in [6, 6.07) is 3.99. The highest BCUT2D eigenvalue weighted by Crippen LogP contribution is 2.03. The Labute approximate surface area is 98.0 Å². The van der Waals surface area contributed by atoms with Crippen molar-refractivity contribution in [1.82, 2.24) is 5.32 Å². The highest BCUT2D eigenvalue weighted by atomic mass is 19.1. The third-order valence-electron chi connectivity index (χ3n) is 2.08. The predicted molar refractivity (Wildman–Crippen MR) is 60.3 cm³/mol. The van der Waals surface area contributed by atoms with Crippen LogP contribution in [0.5, 0.6) is 0 Å². The van der Waals surface area contributed by atoms with Crippen molar-refractivity contribution < 1.29 is 14.0 Å². The van der Waals surface area contributed by atoms with Gasteiger partial charge in [0.1, 0.15) is 11.9 Å². The maximum Gasteiger partial charge on any atom is 0.251 e. The Hall–Kier alpha value is -2.35. The van der Waals surface area contributed by atoms with E-state index < -0.39 is 23.7 Å². The van der Waals surface area contributed by atoms with Gasteiger partial charge in [-0.15, -0.1) is 12.3 Å². The van der Waals surface area contributed by atoms with E-state index in [1.54, 1.807) is 0 Å². The van der Waals surface area contributed by atoms with E-state index in [0.717, 1.165) is 12.1 Å². The summed E-state index contributed by atoms with van der Waals surface area (Å²) in [6.07, 6.45) is 5.06. The van der Waals surface area contributed by atoms with Crippen LogP contribution in [0.2, 0.25) is 0 Å². The maximum atomic E-state index is 12.6. The smallest absolute Gasteiger partial charge is 0.251 e. The minimum Gasteiger partial charge on any atom is -0.368 e. The number of rotatable bonds is 4. The number of nitrogens with one attached hydrogen (secondary N) is 1. The third kappa shape index (κ3) is 3.61. The van der Waals surface area contributed by atoms with Gasteiger partial charge < -0.3 is 11.1 Å². The van der Waals surface area contributed by atoms with E-state index in [-0.39, 0.29) is 12.0 Å². The largest absolute Gasteiger partial charge is 0.368 e. The molecule has 0 aromatic heterocycles. The van der Waals surface area contributed by atoms with Crippen molar-refractivity contribution in [2.75, 3.05) is 0 Å². The number of hydrogen-bond donors (Lipinski definition) is 2. The van der Waals surface area contributed by atoms with E-state index >= 15 is 0 Å². The first kappa shape index (κ1) is 12.7. The molecular formula is C12H11FN2O2. The summed E-state index contributed by atoms with van der Waals surface area (Å²) in [6.45, 7) is 0. The average molecular weight is 234 g/mol. The molecule has 2 amide bonds.